The van der Waals surface area contributed by atoms with Gasteiger partial charge in [-0.2, -0.15) is 0 Å². The maximum absolute atomic E-state index is 11.8. The third-order valence-corrected chi connectivity index (χ3v) is 2.16. The van der Waals surface area contributed by atoms with E-state index in [4.69, 9.17) is 0 Å². The monoisotopic (exact) mass is 221 g/mol. The number of hydrogen-bond acceptors (Lipinski definition) is 2. The normalized spacial score (nSPS) is 21.9. The fourth-order valence-corrected chi connectivity index (χ4v) is 1.43. The van der Waals surface area contributed by atoms with Gasteiger partial charge >= 0.3 is 58.4 Å². The maximum atomic E-state index is 11.8. The van der Waals surface area contributed by atoms with Gasteiger partial charge in [0.05, 0.1) is 5.60 Å². The summed E-state index contributed by atoms with van der Waals surface area (Å²) in [7, 11) is 0. The number of nitrogens with zero attached hydrogens (tertiary/aromatic N) is 1. The molecular formula is C6H12BF3KNO. The van der Waals surface area contributed by atoms with E-state index < -0.39 is 19.0 Å². The molecule has 0 saturated carbocycles. The molecular weight excluding hydrogens is 209 g/mol. The zero-order valence-corrected chi connectivity index (χ0v) is 11.1. The van der Waals surface area contributed by atoms with Gasteiger partial charge < -0.3 is 23.0 Å². The number of β-amino-alcohol motifs (C(OH)–C–C–N with tert-alkyl or cyclic N) is 1. The minimum Gasteiger partial charge on any atom is -0.448 e. The second-order valence-corrected chi connectivity index (χ2v) is 3.46. The Morgan fingerprint density at radius 2 is 1.85 bits per heavy atom. The van der Waals surface area contributed by atoms with Gasteiger partial charge in [-0.15, -0.1) is 0 Å². The molecule has 1 N–H and O–H groups in total. The quantitative estimate of drug-likeness (QED) is 0.548. The van der Waals surface area contributed by atoms with Gasteiger partial charge in [0.15, 0.2) is 0 Å². The molecule has 0 spiro atoms. The third-order valence-electron chi connectivity index (χ3n) is 2.16. The molecule has 13 heavy (non-hydrogen) atoms. The van der Waals surface area contributed by atoms with E-state index in [1.165, 1.54) is 4.90 Å². The Balaban J connectivity index is 0.00000144. The van der Waals surface area contributed by atoms with Gasteiger partial charge in [-0.1, -0.05) is 6.92 Å². The van der Waals surface area contributed by atoms with E-state index in [-0.39, 0.29) is 64.5 Å². The average Bonchev–Trinajstić information content (AvgIpc) is 1.81. The van der Waals surface area contributed by atoms with Gasteiger partial charge in [0, 0.05) is 13.1 Å². The van der Waals surface area contributed by atoms with Crippen molar-refractivity contribution in [3.63, 3.8) is 0 Å². The Morgan fingerprint density at radius 1 is 1.38 bits per heavy atom. The molecule has 0 aliphatic carbocycles. The first-order valence-corrected chi connectivity index (χ1v) is 4.00. The van der Waals surface area contributed by atoms with Crippen LogP contribution < -0.4 is 51.4 Å². The summed E-state index contributed by atoms with van der Waals surface area (Å²) in [5, 5.41) is 9.38. The van der Waals surface area contributed by atoms with Crippen molar-refractivity contribution < 1.29 is 69.4 Å². The summed E-state index contributed by atoms with van der Waals surface area (Å²) in [5.41, 5.74) is -0.860. The van der Waals surface area contributed by atoms with Crippen molar-refractivity contribution in [3.05, 3.63) is 0 Å². The zero-order valence-electron chi connectivity index (χ0n) is 7.93. The Kier molecular flexibility index (Phi) is 5.50. The molecule has 0 atom stereocenters. The Hall–Kier alpha value is 1.41. The third kappa shape index (κ3) is 4.63. The minimum atomic E-state index is -4.73. The van der Waals surface area contributed by atoms with Crippen molar-refractivity contribution in [2.75, 3.05) is 19.5 Å². The van der Waals surface area contributed by atoms with Gasteiger partial charge in [-0.3, -0.25) is 0 Å². The molecule has 7 heteroatoms. The van der Waals surface area contributed by atoms with Gasteiger partial charge in [-0.25, -0.2) is 0 Å². The molecule has 0 radical (unpaired) electrons. The van der Waals surface area contributed by atoms with Crippen LogP contribution in [-0.4, -0.2) is 42.1 Å². The smallest absolute Gasteiger partial charge is 0.448 e. The second kappa shape index (κ2) is 4.96. The summed E-state index contributed by atoms with van der Waals surface area (Å²) in [6.07, 6.45) is -0.323. The summed E-state index contributed by atoms with van der Waals surface area (Å²) < 4.78 is 35.5. The van der Waals surface area contributed by atoms with Crippen molar-refractivity contribution in [1.29, 1.82) is 0 Å². The molecule has 0 amide bonds. The summed E-state index contributed by atoms with van der Waals surface area (Å²) in [6.45, 7) is -2.64. The fraction of sp³-hybridized carbons (Fsp3) is 1.00. The molecule has 72 valence electrons. The summed E-state index contributed by atoms with van der Waals surface area (Å²) in [5.74, 6) is 0. The number of likely N-dealkylation sites (tertiary alicyclic amines) is 1. The van der Waals surface area contributed by atoms with Crippen LogP contribution in [0.25, 0.3) is 0 Å². The molecule has 0 bridgehead atoms. The Morgan fingerprint density at radius 3 is 2.15 bits per heavy atom. The van der Waals surface area contributed by atoms with Crippen LogP contribution in [0.5, 0.6) is 0 Å². The molecule has 1 saturated heterocycles. The number of halogens is 3. The van der Waals surface area contributed by atoms with E-state index in [2.05, 4.69) is 0 Å². The maximum Gasteiger partial charge on any atom is 1.00 e. The van der Waals surface area contributed by atoms with E-state index in [9.17, 15) is 18.1 Å². The van der Waals surface area contributed by atoms with E-state index >= 15 is 0 Å². The van der Waals surface area contributed by atoms with Crippen LogP contribution in [-0.2, 0) is 0 Å². The molecule has 0 unspecified atom stereocenters. The van der Waals surface area contributed by atoms with Crippen LogP contribution in [0, 0.1) is 0 Å². The SMILES string of the molecule is CCC1(O)CN(C[B-](F)(F)F)C1.[K+]. The first-order valence-electron chi connectivity index (χ1n) is 4.00. The number of hydrogen-bond donors (Lipinski definition) is 1. The molecule has 0 aromatic rings. The van der Waals surface area contributed by atoms with E-state index in [0.717, 1.165) is 0 Å². The molecule has 1 aliphatic heterocycles. The molecule has 2 nitrogen and oxygen atoms in total. The van der Waals surface area contributed by atoms with E-state index in [0.29, 0.717) is 6.42 Å². The van der Waals surface area contributed by atoms with E-state index in [1.807, 2.05) is 0 Å². The van der Waals surface area contributed by atoms with Crippen LogP contribution in [0.15, 0.2) is 0 Å². The summed E-state index contributed by atoms with van der Waals surface area (Å²) in [4.78, 5) is 1.23. The summed E-state index contributed by atoms with van der Waals surface area (Å²) in [6, 6.07) is 0. The Labute approximate surface area is 118 Å². The van der Waals surface area contributed by atoms with Crippen LogP contribution in [0.3, 0.4) is 0 Å². The molecule has 1 rings (SSSR count). The first kappa shape index (κ1) is 14.4. The van der Waals surface area contributed by atoms with Gasteiger partial charge in [0.1, 0.15) is 0 Å². The number of aliphatic hydroxyl groups is 1. The largest absolute Gasteiger partial charge is 1.00 e. The zero-order chi connectivity index (χ0) is 9.41. The van der Waals surface area contributed by atoms with Crippen LogP contribution in [0.4, 0.5) is 12.9 Å². The van der Waals surface area contributed by atoms with Crippen molar-refractivity contribution in [3.8, 4) is 0 Å². The van der Waals surface area contributed by atoms with Crippen LogP contribution in [0.1, 0.15) is 13.3 Å². The predicted molar refractivity (Wildman–Crippen MR) is 40.8 cm³/mol. The summed E-state index contributed by atoms with van der Waals surface area (Å²) >= 11 is 0. The molecule has 1 heterocycles. The average molecular weight is 221 g/mol. The van der Waals surface area contributed by atoms with Crippen molar-refractivity contribution >= 4 is 6.98 Å². The fourth-order valence-electron chi connectivity index (χ4n) is 1.43. The number of rotatable bonds is 3. The molecule has 0 aromatic heterocycles. The van der Waals surface area contributed by atoms with Gasteiger partial charge in [0.2, 0.25) is 0 Å². The van der Waals surface area contributed by atoms with Crippen molar-refractivity contribution in [1.82, 2.24) is 4.90 Å². The van der Waals surface area contributed by atoms with Crippen LogP contribution in [0.2, 0.25) is 0 Å². The van der Waals surface area contributed by atoms with Crippen LogP contribution >= 0.6 is 0 Å². The van der Waals surface area contributed by atoms with Crippen molar-refractivity contribution in [2.24, 2.45) is 0 Å². The Bertz CT molecular complexity index is 172. The standard InChI is InChI=1S/C6H12BF3NO.K/c1-2-6(12)3-11(4-6)5-7(8,9)10;/h12H,2-5H2,1H3;/q-1;+1. The second-order valence-electron chi connectivity index (χ2n) is 3.46. The van der Waals surface area contributed by atoms with E-state index in [1.54, 1.807) is 6.92 Å². The first-order chi connectivity index (χ1) is 5.35. The topological polar surface area (TPSA) is 23.5 Å². The van der Waals surface area contributed by atoms with Gasteiger partial charge in [0.25, 0.3) is 0 Å². The predicted octanol–water partition coefficient (Wildman–Crippen LogP) is -2.17. The van der Waals surface area contributed by atoms with Crippen molar-refractivity contribution in [2.45, 2.75) is 18.9 Å². The molecule has 1 aliphatic rings. The molecule has 1 fully saturated rings. The van der Waals surface area contributed by atoms with Gasteiger partial charge in [-0.05, 0) is 12.9 Å². The minimum absolute atomic E-state index is 0. The molecule has 0 aromatic carbocycles.